The second-order valence-electron chi connectivity index (χ2n) is 7.49. The van der Waals surface area contributed by atoms with Crippen molar-refractivity contribution in [2.75, 3.05) is 0 Å². The summed E-state index contributed by atoms with van der Waals surface area (Å²) in [7, 11) is 0. The summed E-state index contributed by atoms with van der Waals surface area (Å²) in [6.45, 7) is 0. The van der Waals surface area contributed by atoms with Crippen molar-refractivity contribution in [2.24, 2.45) is 0 Å². The molecule has 0 nitrogen and oxygen atoms in total. The molecule has 7 heteroatoms. The molecule has 0 heterocycles. The number of hydrogen-bond donors (Lipinski definition) is 0. The normalized spacial score (nSPS) is 16.6. The van der Waals surface area contributed by atoms with Crippen molar-refractivity contribution in [3.05, 3.63) is 104 Å². The van der Waals surface area contributed by atoms with Crippen LogP contribution in [0.5, 0.6) is 0 Å². The Morgan fingerprint density at radius 2 is 0.968 bits per heavy atom. The molecule has 0 aliphatic heterocycles. The first-order valence-electron chi connectivity index (χ1n) is 9.72. The summed E-state index contributed by atoms with van der Waals surface area (Å²) in [4.78, 5) is 0. The van der Waals surface area contributed by atoms with E-state index in [9.17, 15) is 26.3 Å². The molecule has 0 atom stereocenters. The van der Waals surface area contributed by atoms with Gasteiger partial charge in [0.05, 0.1) is 0 Å². The third-order valence-corrected chi connectivity index (χ3v) is 13.8. The number of rotatable bonds is 4. The van der Waals surface area contributed by atoms with E-state index in [0.717, 1.165) is 12.1 Å². The molecule has 2 aliphatic rings. The van der Waals surface area contributed by atoms with Gasteiger partial charge in [0.15, 0.2) is 0 Å². The van der Waals surface area contributed by atoms with Gasteiger partial charge in [-0.05, 0) is 0 Å². The molecule has 0 N–H and O–H groups in total. The molecule has 0 radical (unpaired) electrons. The number of hydrogen-bond acceptors (Lipinski definition) is 0. The molecule has 2 aromatic rings. The predicted octanol–water partition coefficient (Wildman–Crippen LogP) is 6.52. The number of benzene rings is 2. The van der Waals surface area contributed by atoms with E-state index >= 15 is 0 Å². The van der Waals surface area contributed by atoms with Crippen LogP contribution in [0.25, 0.3) is 0 Å². The summed E-state index contributed by atoms with van der Waals surface area (Å²) >= 11 is -4.58. The van der Waals surface area contributed by atoms with Crippen molar-refractivity contribution >= 4 is 7.74 Å². The van der Waals surface area contributed by atoms with E-state index in [4.69, 9.17) is 0 Å². The second kappa shape index (κ2) is 7.99. The molecule has 0 bridgehead atoms. The first-order valence-corrected chi connectivity index (χ1v) is 12.8. The van der Waals surface area contributed by atoms with E-state index in [1.807, 2.05) is 0 Å². The van der Waals surface area contributed by atoms with Crippen molar-refractivity contribution in [1.29, 1.82) is 0 Å². The van der Waals surface area contributed by atoms with E-state index in [0.29, 0.717) is 20.6 Å². The first-order chi connectivity index (χ1) is 14.7. The van der Waals surface area contributed by atoms with Gasteiger partial charge in [0.1, 0.15) is 0 Å². The Morgan fingerprint density at radius 3 is 1.29 bits per heavy atom. The van der Waals surface area contributed by atoms with Crippen molar-refractivity contribution in [3.8, 4) is 0 Å². The van der Waals surface area contributed by atoms with Crippen LogP contribution in [-0.4, -0.2) is 0 Å². The zero-order chi connectivity index (χ0) is 22.3. The third kappa shape index (κ3) is 3.76. The Hall–Kier alpha value is -2.31. The van der Waals surface area contributed by atoms with Gasteiger partial charge in [-0.3, -0.25) is 0 Å². The van der Waals surface area contributed by atoms with Crippen LogP contribution in [0.1, 0.15) is 24.0 Å². The molecule has 31 heavy (non-hydrogen) atoms. The molecular weight excluding hydrogens is 450 g/mol. The zero-order valence-corrected chi connectivity index (χ0v) is 17.8. The fraction of sp³-hybridized carbons (Fsp3) is 0.167. The number of allylic oxidation sites excluding steroid dienone is 8. The predicted molar refractivity (Wildman–Crippen MR) is 106 cm³/mol. The van der Waals surface area contributed by atoms with Crippen LogP contribution < -0.4 is 7.74 Å². The molecule has 0 spiro atoms. The zero-order valence-electron chi connectivity index (χ0n) is 16.3. The Labute approximate surface area is 179 Å². The van der Waals surface area contributed by atoms with Crippen molar-refractivity contribution in [2.45, 2.75) is 25.2 Å². The Bertz CT molecular complexity index is 1030. The van der Waals surface area contributed by atoms with Crippen molar-refractivity contribution in [3.63, 3.8) is 0 Å². The summed E-state index contributed by atoms with van der Waals surface area (Å²) in [6.07, 6.45) is 1.81. The van der Waals surface area contributed by atoms with Crippen LogP contribution in [-0.2, 0) is 28.9 Å². The average molecular weight is 468 g/mol. The van der Waals surface area contributed by atoms with Gasteiger partial charge in [0.25, 0.3) is 0 Å². The third-order valence-electron chi connectivity index (χ3n) is 5.78. The summed E-state index contributed by atoms with van der Waals surface area (Å²) in [5.74, 6) is 0. The van der Waals surface area contributed by atoms with Gasteiger partial charge in [-0.25, -0.2) is 0 Å². The van der Waals surface area contributed by atoms with E-state index in [-0.39, 0.29) is 7.74 Å². The van der Waals surface area contributed by atoms with Gasteiger partial charge in [-0.15, -0.1) is 0 Å². The van der Waals surface area contributed by atoms with Gasteiger partial charge >= 0.3 is 180 Å². The topological polar surface area (TPSA) is 0 Å². The SMILES string of the molecule is FC(F)(F)c1cccc[c]1[Ti]([C]1=CC=CC1)([C]1=CC=CC1)[c]1ccccc1C(F)(F)F. The molecule has 0 aromatic heterocycles. The number of halogens is 6. The molecule has 0 fully saturated rings. The van der Waals surface area contributed by atoms with E-state index < -0.39 is 40.1 Å². The van der Waals surface area contributed by atoms with Crippen LogP contribution >= 0.6 is 0 Å². The van der Waals surface area contributed by atoms with Gasteiger partial charge in [0.2, 0.25) is 0 Å². The van der Waals surface area contributed by atoms with Crippen molar-refractivity contribution < 1.29 is 42.9 Å². The maximum atomic E-state index is 14.1. The fourth-order valence-electron chi connectivity index (χ4n) is 4.61. The molecule has 0 saturated heterocycles. The number of alkyl halides is 6. The summed E-state index contributed by atoms with van der Waals surface area (Å²) in [5.41, 5.74) is -1.71. The van der Waals surface area contributed by atoms with Crippen LogP contribution in [0.3, 0.4) is 0 Å². The molecule has 0 unspecified atom stereocenters. The Kier molecular flexibility index (Phi) is 5.65. The Morgan fingerprint density at radius 1 is 0.581 bits per heavy atom. The average Bonchev–Trinajstić information content (AvgIpc) is 3.43. The summed E-state index contributed by atoms with van der Waals surface area (Å²) in [5, 5.41) is 0. The van der Waals surface area contributed by atoms with Crippen molar-refractivity contribution in [1.82, 2.24) is 0 Å². The van der Waals surface area contributed by atoms with Gasteiger partial charge in [-0.2, -0.15) is 0 Å². The Balaban J connectivity index is 2.17. The standard InChI is InChI=1S/2C7H4F3.2C5H5.Ti/c2*8-7(9,10)6-4-2-1-3-5-6;2*1-2-4-5-3-1;/h2*1-4H;2*1-3H,4H2;. The molecular formula is C24H18F6Ti. The fourth-order valence-corrected chi connectivity index (χ4v) is 13.3. The van der Waals surface area contributed by atoms with Crippen LogP contribution in [0.2, 0.25) is 0 Å². The summed E-state index contributed by atoms with van der Waals surface area (Å²) < 4.78 is 86.2. The monoisotopic (exact) mass is 468 g/mol. The van der Waals surface area contributed by atoms with Crippen LogP contribution in [0.4, 0.5) is 26.3 Å². The molecule has 2 aliphatic carbocycles. The van der Waals surface area contributed by atoms with Crippen LogP contribution in [0, 0.1) is 0 Å². The van der Waals surface area contributed by atoms with E-state index in [2.05, 4.69) is 0 Å². The van der Waals surface area contributed by atoms with E-state index in [1.54, 1.807) is 36.5 Å². The molecule has 160 valence electrons. The maximum absolute atomic E-state index is 14.1. The van der Waals surface area contributed by atoms with Gasteiger partial charge in [0, 0.05) is 0 Å². The van der Waals surface area contributed by atoms with Crippen LogP contribution in [0.15, 0.2) is 92.7 Å². The molecule has 0 saturated carbocycles. The molecule has 4 rings (SSSR count). The molecule has 0 amide bonds. The first kappa shape index (κ1) is 21.9. The van der Waals surface area contributed by atoms with E-state index in [1.165, 1.54) is 36.4 Å². The minimum absolute atomic E-state index is 0.00315. The summed E-state index contributed by atoms with van der Waals surface area (Å²) in [6, 6.07) is 10.3. The molecule has 2 aromatic carbocycles. The second-order valence-corrected chi connectivity index (χ2v) is 13.5. The van der Waals surface area contributed by atoms with Gasteiger partial charge < -0.3 is 0 Å². The van der Waals surface area contributed by atoms with Gasteiger partial charge in [-0.1, -0.05) is 0 Å². The minimum atomic E-state index is -4.68. The quantitative estimate of drug-likeness (QED) is 0.354.